The first-order chi connectivity index (χ1) is 11.0. The molecule has 6 nitrogen and oxygen atoms in total. The molecule has 1 aliphatic rings. The van der Waals surface area contributed by atoms with Gasteiger partial charge in [0.05, 0.1) is 0 Å². The minimum Gasteiger partial charge on any atom is -0.480 e. The molecule has 1 amide bonds. The van der Waals surface area contributed by atoms with Gasteiger partial charge in [0.15, 0.2) is 5.69 Å². The largest absolute Gasteiger partial charge is 0.480 e. The van der Waals surface area contributed by atoms with E-state index in [1.54, 1.807) is 6.07 Å². The van der Waals surface area contributed by atoms with E-state index in [2.05, 4.69) is 5.16 Å². The topological polar surface area (TPSA) is 83.6 Å². The van der Waals surface area contributed by atoms with Gasteiger partial charge in [0.1, 0.15) is 11.8 Å². The number of hydrogen-bond donors (Lipinski definition) is 1. The average molecular weight is 314 g/mol. The van der Waals surface area contributed by atoms with Crippen molar-refractivity contribution in [3.05, 3.63) is 52.9 Å². The van der Waals surface area contributed by atoms with E-state index in [4.69, 9.17) is 4.52 Å². The molecule has 0 spiro atoms. The Morgan fingerprint density at radius 2 is 2.00 bits per heavy atom. The number of carboxylic acid groups (broad SMARTS) is 1. The van der Waals surface area contributed by atoms with Gasteiger partial charge in [-0.1, -0.05) is 43.3 Å². The summed E-state index contributed by atoms with van der Waals surface area (Å²) in [6.07, 6.45) is 0.298. The number of carbonyl (C=O) groups excluding carboxylic acids is 1. The molecule has 0 saturated carbocycles. The van der Waals surface area contributed by atoms with Crippen LogP contribution in [0.3, 0.4) is 0 Å². The third-order valence-electron chi connectivity index (χ3n) is 4.11. The Morgan fingerprint density at radius 3 is 2.61 bits per heavy atom. The zero-order chi connectivity index (χ0) is 16.6. The molecule has 1 unspecified atom stereocenters. The van der Waals surface area contributed by atoms with Gasteiger partial charge >= 0.3 is 5.97 Å². The minimum atomic E-state index is -1.01. The first kappa shape index (κ1) is 15.3. The molecule has 0 bridgehead atoms. The third-order valence-corrected chi connectivity index (χ3v) is 4.11. The summed E-state index contributed by atoms with van der Waals surface area (Å²) in [6, 6.07) is 8.27. The normalized spacial score (nSPS) is 17.2. The van der Waals surface area contributed by atoms with Gasteiger partial charge in [0, 0.05) is 24.9 Å². The molecule has 120 valence electrons. The van der Waals surface area contributed by atoms with Crippen LogP contribution in [0.4, 0.5) is 0 Å². The SMILES string of the molecule is CC(C)c1cc(C(=O)N2Cc3ccccc3CC2C(=O)O)no1. The molecule has 1 N–H and O–H groups in total. The standard InChI is InChI=1S/C17H18N2O4/c1-10(2)15-8-13(18-23-15)16(20)19-9-12-6-4-3-5-11(12)7-14(19)17(21)22/h3-6,8,10,14H,7,9H2,1-2H3,(H,21,22). The van der Waals surface area contributed by atoms with Crippen LogP contribution in [-0.4, -0.2) is 33.1 Å². The second kappa shape index (κ2) is 5.87. The van der Waals surface area contributed by atoms with Gasteiger partial charge in [0.2, 0.25) is 0 Å². The molecule has 1 atom stereocenters. The maximum atomic E-state index is 12.7. The summed E-state index contributed by atoms with van der Waals surface area (Å²) in [6.45, 7) is 4.13. The van der Waals surface area contributed by atoms with Crippen molar-refractivity contribution in [2.45, 2.75) is 38.8 Å². The molecule has 0 aliphatic carbocycles. The quantitative estimate of drug-likeness (QED) is 0.940. The van der Waals surface area contributed by atoms with E-state index in [1.165, 1.54) is 4.90 Å². The molecule has 0 fully saturated rings. The summed E-state index contributed by atoms with van der Waals surface area (Å²) < 4.78 is 5.16. The van der Waals surface area contributed by atoms with Crippen molar-refractivity contribution in [1.82, 2.24) is 10.1 Å². The number of hydrogen-bond acceptors (Lipinski definition) is 4. The molecule has 3 rings (SSSR count). The van der Waals surface area contributed by atoms with E-state index in [0.29, 0.717) is 12.2 Å². The van der Waals surface area contributed by atoms with Crippen LogP contribution in [0.1, 0.15) is 47.1 Å². The summed E-state index contributed by atoms with van der Waals surface area (Å²) in [5.41, 5.74) is 2.08. The zero-order valence-corrected chi connectivity index (χ0v) is 13.0. The average Bonchev–Trinajstić information content (AvgIpc) is 3.03. The highest BCUT2D eigenvalue weighted by molar-refractivity contribution is 5.95. The number of aromatic nitrogens is 1. The molecule has 0 radical (unpaired) electrons. The van der Waals surface area contributed by atoms with Crippen LogP contribution in [0.25, 0.3) is 0 Å². The van der Waals surface area contributed by atoms with Gasteiger partial charge in [-0.25, -0.2) is 4.79 Å². The lowest BCUT2D eigenvalue weighted by molar-refractivity contribution is -0.142. The van der Waals surface area contributed by atoms with Gasteiger partial charge in [-0.15, -0.1) is 0 Å². The lowest BCUT2D eigenvalue weighted by Crippen LogP contribution is -2.48. The van der Waals surface area contributed by atoms with Gasteiger partial charge in [-0.3, -0.25) is 4.79 Å². The van der Waals surface area contributed by atoms with Crippen LogP contribution in [-0.2, 0) is 17.8 Å². The van der Waals surface area contributed by atoms with Crippen LogP contribution in [0.5, 0.6) is 0 Å². The lowest BCUT2D eigenvalue weighted by Gasteiger charge is -2.33. The predicted octanol–water partition coefficient (Wildman–Crippen LogP) is 2.45. The first-order valence-electron chi connectivity index (χ1n) is 7.54. The molecule has 1 aromatic carbocycles. The predicted molar refractivity (Wildman–Crippen MR) is 82.0 cm³/mol. The van der Waals surface area contributed by atoms with Crippen molar-refractivity contribution in [2.24, 2.45) is 0 Å². The fourth-order valence-electron chi connectivity index (χ4n) is 2.77. The zero-order valence-electron chi connectivity index (χ0n) is 13.0. The van der Waals surface area contributed by atoms with Crippen molar-refractivity contribution < 1.29 is 19.2 Å². The van der Waals surface area contributed by atoms with Crippen LogP contribution in [0, 0.1) is 0 Å². The summed E-state index contributed by atoms with van der Waals surface area (Å²) in [5, 5.41) is 13.3. The number of amides is 1. The Bertz CT molecular complexity index is 751. The number of carboxylic acids is 1. The van der Waals surface area contributed by atoms with Gasteiger partial charge in [-0.2, -0.15) is 0 Å². The number of rotatable bonds is 3. The molecule has 1 aliphatic heterocycles. The Balaban J connectivity index is 1.92. The van der Waals surface area contributed by atoms with E-state index in [9.17, 15) is 14.7 Å². The van der Waals surface area contributed by atoms with Crippen molar-refractivity contribution in [1.29, 1.82) is 0 Å². The molecule has 2 aromatic rings. The number of aliphatic carboxylic acids is 1. The smallest absolute Gasteiger partial charge is 0.326 e. The molecule has 1 aromatic heterocycles. The number of carbonyl (C=O) groups is 2. The summed E-state index contributed by atoms with van der Waals surface area (Å²) >= 11 is 0. The van der Waals surface area contributed by atoms with Gasteiger partial charge in [-0.05, 0) is 11.1 Å². The van der Waals surface area contributed by atoms with E-state index < -0.39 is 17.9 Å². The molecule has 23 heavy (non-hydrogen) atoms. The number of benzene rings is 1. The van der Waals surface area contributed by atoms with Crippen molar-refractivity contribution in [3.63, 3.8) is 0 Å². The molecular formula is C17H18N2O4. The Labute approximate surface area is 133 Å². The number of nitrogens with zero attached hydrogens (tertiary/aromatic N) is 2. The third kappa shape index (κ3) is 2.84. The van der Waals surface area contributed by atoms with Crippen molar-refractivity contribution in [2.75, 3.05) is 0 Å². The van der Waals surface area contributed by atoms with Crippen molar-refractivity contribution in [3.8, 4) is 0 Å². The van der Waals surface area contributed by atoms with Crippen LogP contribution >= 0.6 is 0 Å². The van der Waals surface area contributed by atoms with E-state index >= 15 is 0 Å². The summed E-state index contributed by atoms with van der Waals surface area (Å²) in [5.74, 6) is -0.706. The highest BCUT2D eigenvalue weighted by Crippen LogP contribution is 2.25. The van der Waals surface area contributed by atoms with Crippen molar-refractivity contribution >= 4 is 11.9 Å². The lowest BCUT2D eigenvalue weighted by atomic mass is 9.93. The second-order valence-electron chi connectivity index (χ2n) is 6.03. The maximum Gasteiger partial charge on any atom is 0.326 e. The van der Waals surface area contributed by atoms with Gasteiger partial charge in [0.25, 0.3) is 5.91 Å². The summed E-state index contributed by atoms with van der Waals surface area (Å²) in [7, 11) is 0. The van der Waals surface area contributed by atoms with Crippen LogP contribution in [0.2, 0.25) is 0 Å². The molecule has 6 heteroatoms. The monoisotopic (exact) mass is 314 g/mol. The second-order valence-corrected chi connectivity index (χ2v) is 6.03. The minimum absolute atomic E-state index is 0.112. The van der Waals surface area contributed by atoms with E-state index in [0.717, 1.165) is 11.1 Å². The molecule has 2 heterocycles. The van der Waals surface area contributed by atoms with E-state index in [-0.39, 0.29) is 18.2 Å². The van der Waals surface area contributed by atoms with Crippen LogP contribution < -0.4 is 0 Å². The Hall–Kier alpha value is -2.63. The highest BCUT2D eigenvalue weighted by Gasteiger charge is 2.36. The van der Waals surface area contributed by atoms with Gasteiger partial charge < -0.3 is 14.5 Å². The fourth-order valence-corrected chi connectivity index (χ4v) is 2.77. The maximum absolute atomic E-state index is 12.7. The Morgan fingerprint density at radius 1 is 1.30 bits per heavy atom. The molecular weight excluding hydrogens is 296 g/mol. The Kier molecular flexibility index (Phi) is 3.90. The van der Waals surface area contributed by atoms with E-state index in [1.807, 2.05) is 38.1 Å². The van der Waals surface area contributed by atoms with Crippen LogP contribution in [0.15, 0.2) is 34.9 Å². The molecule has 0 saturated heterocycles. The fraction of sp³-hybridized carbons (Fsp3) is 0.353. The first-order valence-corrected chi connectivity index (χ1v) is 7.54. The number of fused-ring (bicyclic) bond motifs is 1. The highest BCUT2D eigenvalue weighted by atomic mass is 16.5. The summed E-state index contributed by atoms with van der Waals surface area (Å²) in [4.78, 5) is 25.6.